The van der Waals surface area contributed by atoms with E-state index >= 15 is 0 Å². The van der Waals surface area contributed by atoms with Crippen LogP contribution in [0.4, 0.5) is 0 Å². The lowest BCUT2D eigenvalue weighted by molar-refractivity contribution is 0.0598. The van der Waals surface area contributed by atoms with Gasteiger partial charge in [-0.2, -0.15) is 5.10 Å². The van der Waals surface area contributed by atoms with E-state index in [9.17, 15) is 9.59 Å². The second kappa shape index (κ2) is 9.91. The van der Waals surface area contributed by atoms with E-state index in [1.54, 1.807) is 16.0 Å². The Kier molecular flexibility index (Phi) is 6.46. The minimum Gasteiger partial charge on any atom is -0.349 e. The van der Waals surface area contributed by atoms with Crippen LogP contribution in [0.25, 0.3) is 21.3 Å². The maximum Gasteiger partial charge on any atom is 0.274 e. The molecule has 1 saturated carbocycles. The van der Waals surface area contributed by atoms with Crippen molar-refractivity contribution in [2.75, 3.05) is 13.1 Å². The number of aryl methyl sites for hydroxylation is 1. The highest BCUT2D eigenvalue weighted by atomic mass is 35.5. The van der Waals surface area contributed by atoms with Crippen LogP contribution in [0.1, 0.15) is 64.0 Å². The fourth-order valence-electron chi connectivity index (χ4n) is 5.10. The first-order valence-electron chi connectivity index (χ1n) is 12.8. The molecule has 1 atom stereocenters. The van der Waals surface area contributed by atoms with Crippen LogP contribution in [0.5, 0.6) is 0 Å². The normalized spacial score (nSPS) is 17.8. The highest BCUT2D eigenvalue weighted by Gasteiger charge is 2.34. The number of piperidine rings is 1. The third-order valence-electron chi connectivity index (χ3n) is 7.22. The highest BCUT2D eigenvalue weighted by molar-refractivity contribution is 7.15. The third kappa shape index (κ3) is 4.76. The first kappa shape index (κ1) is 24.1. The number of rotatable bonds is 6. The summed E-state index contributed by atoms with van der Waals surface area (Å²) in [7, 11) is 1.84. The number of aromatic nitrogens is 3. The van der Waals surface area contributed by atoms with Crippen LogP contribution in [0.3, 0.4) is 0 Å². The number of fused-ring (bicyclic) bond motifs is 1. The van der Waals surface area contributed by atoms with Crippen molar-refractivity contribution < 1.29 is 9.59 Å². The molecule has 1 aliphatic carbocycles. The molecular weight excluding hydrogens is 506 g/mol. The Bertz CT molecular complexity index is 1490. The van der Waals surface area contributed by atoms with Gasteiger partial charge in [-0.3, -0.25) is 14.3 Å². The molecule has 2 fully saturated rings. The number of nitrogens with zero attached hydrogens (tertiary/aromatic N) is 4. The van der Waals surface area contributed by atoms with Crippen molar-refractivity contribution in [1.82, 2.24) is 25.0 Å². The monoisotopic (exact) mass is 533 g/mol. The predicted molar refractivity (Wildman–Crippen MR) is 146 cm³/mol. The molecule has 0 radical (unpaired) electrons. The average molecular weight is 534 g/mol. The summed E-state index contributed by atoms with van der Waals surface area (Å²) in [5.74, 6) is 0.161. The van der Waals surface area contributed by atoms with Crippen molar-refractivity contribution >= 4 is 45.7 Å². The van der Waals surface area contributed by atoms with Crippen LogP contribution >= 0.6 is 22.9 Å². The van der Waals surface area contributed by atoms with E-state index in [0.717, 1.165) is 58.5 Å². The minimum atomic E-state index is -0.223. The van der Waals surface area contributed by atoms with Crippen LogP contribution in [0.2, 0.25) is 5.02 Å². The number of hydrogen-bond donors (Lipinski definition) is 1. The Balaban J connectivity index is 1.24. The van der Waals surface area contributed by atoms with Gasteiger partial charge in [0.15, 0.2) is 5.69 Å². The van der Waals surface area contributed by atoms with Crippen molar-refractivity contribution in [2.24, 2.45) is 7.05 Å². The molecule has 2 amide bonds. The molecule has 2 aromatic carbocycles. The molecule has 0 bridgehead atoms. The zero-order valence-electron chi connectivity index (χ0n) is 20.6. The molecule has 9 heteroatoms. The Morgan fingerprint density at radius 3 is 2.73 bits per heavy atom. The number of carbonyl (C=O) groups excluding carboxylic acids is 2. The second-order valence-corrected chi connectivity index (χ2v) is 11.3. The number of likely N-dealkylation sites (tertiary alicyclic amines) is 1. The highest BCUT2D eigenvalue weighted by Crippen LogP contribution is 2.45. The third-order valence-corrected chi connectivity index (χ3v) is 8.72. The van der Waals surface area contributed by atoms with E-state index in [4.69, 9.17) is 16.6 Å². The number of hydrogen-bond acceptors (Lipinski definition) is 5. The molecule has 1 N–H and O–H groups in total. The summed E-state index contributed by atoms with van der Waals surface area (Å²) in [4.78, 5) is 34.7. The first-order valence-corrected chi connectivity index (χ1v) is 14.0. The number of amides is 2. The van der Waals surface area contributed by atoms with Gasteiger partial charge in [0.2, 0.25) is 0 Å². The number of nitrogens with one attached hydrogen (secondary N) is 1. The summed E-state index contributed by atoms with van der Waals surface area (Å²) < 4.78 is 1.72. The molecule has 0 unspecified atom stereocenters. The fraction of sp³-hybridized carbons (Fsp3) is 0.357. The lowest BCUT2D eigenvalue weighted by atomic mass is 10.0. The van der Waals surface area contributed by atoms with Crippen LogP contribution in [-0.4, -0.2) is 50.6 Å². The number of carbonyl (C=O) groups is 2. The van der Waals surface area contributed by atoms with Crippen molar-refractivity contribution in [3.05, 3.63) is 69.9 Å². The zero-order chi connectivity index (χ0) is 25.5. The van der Waals surface area contributed by atoms with Crippen molar-refractivity contribution in [1.29, 1.82) is 0 Å². The number of para-hydroxylation sites is 1. The maximum atomic E-state index is 13.9. The van der Waals surface area contributed by atoms with E-state index in [1.165, 1.54) is 0 Å². The van der Waals surface area contributed by atoms with Crippen LogP contribution in [-0.2, 0) is 7.05 Å². The Morgan fingerprint density at radius 1 is 1.08 bits per heavy atom. The summed E-state index contributed by atoms with van der Waals surface area (Å²) in [6, 6.07) is 15.2. The van der Waals surface area contributed by atoms with Gasteiger partial charge in [-0.05, 0) is 55.9 Å². The summed E-state index contributed by atoms with van der Waals surface area (Å²) >= 11 is 7.89. The Labute approximate surface area is 224 Å². The topological polar surface area (TPSA) is 80.1 Å². The summed E-state index contributed by atoms with van der Waals surface area (Å²) in [5.41, 5.74) is 2.74. The van der Waals surface area contributed by atoms with Gasteiger partial charge in [0.05, 0.1) is 15.4 Å². The zero-order valence-corrected chi connectivity index (χ0v) is 22.2. The van der Waals surface area contributed by atoms with Crippen molar-refractivity contribution in [3.8, 4) is 10.4 Å². The van der Waals surface area contributed by atoms with E-state index < -0.39 is 0 Å². The van der Waals surface area contributed by atoms with E-state index in [1.807, 2.05) is 60.5 Å². The summed E-state index contributed by atoms with van der Waals surface area (Å²) in [6.45, 7) is 1.03. The Hall–Kier alpha value is -3.23. The van der Waals surface area contributed by atoms with Crippen LogP contribution in [0, 0.1) is 0 Å². The molecule has 1 aliphatic heterocycles. The second-order valence-electron chi connectivity index (χ2n) is 9.86. The van der Waals surface area contributed by atoms with Gasteiger partial charge in [0.1, 0.15) is 5.69 Å². The predicted octanol–water partition coefficient (Wildman–Crippen LogP) is 5.65. The minimum absolute atomic E-state index is 0.0691. The van der Waals surface area contributed by atoms with E-state index in [-0.39, 0.29) is 17.9 Å². The average Bonchev–Trinajstić information content (AvgIpc) is 3.58. The van der Waals surface area contributed by atoms with Crippen LogP contribution < -0.4 is 5.32 Å². The molecule has 37 heavy (non-hydrogen) atoms. The van der Waals surface area contributed by atoms with Crippen LogP contribution in [0.15, 0.2) is 48.5 Å². The SMILES string of the molecule is Cn1nc(C(=O)NC[C@@H]2CCCCN2C(=O)c2nc(C3CC3)sc2-c2cccc(Cl)c2)c2ccccc21. The molecule has 1 saturated heterocycles. The molecule has 2 aromatic heterocycles. The van der Waals surface area contributed by atoms with Crippen molar-refractivity contribution in [2.45, 2.75) is 44.1 Å². The molecule has 7 nitrogen and oxygen atoms in total. The maximum absolute atomic E-state index is 13.9. The summed E-state index contributed by atoms with van der Waals surface area (Å²) in [5, 5.41) is 9.98. The van der Waals surface area contributed by atoms with Gasteiger partial charge in [0.25, 0.3) is 11.8 Å². The van der Waals surface area contributed by atoms with E-state index in [2.05, 4.69) is 10.4 Å². The van der Waals surface area contributed by atoms with Gasteiger partial charge in [0, 0.05) is 42.5 Å². The first-order chi connectivity index (χ1) is 18.0. The Morgan fingerprint density at radius 2 is 1.92 bits per heavy atom. The number of thiazole rings is 1. The smallest absolute Gasteiger partial charge is 0.274 e. The van der Waals surface area contributed by atoms with E-state index in [0.29, 0.717) is 35.4 Å². The van der Waals surface area contributed by atoms with Crippen molar-refractivity contribution in [3.63, 3.8) is 0 Å². The largest absolute Gasteiger partial charge is 0.349 e. The molecule has 4 aromatic rings. The standard InChI is InChI=1S/C28H28ClN5O2S/c1-33-22-11-3-2-10-21(22)23(32-33)26(35)30-16-20-9-4-5-14-34(20)28(36)24-25(18-7-6-8-19(29)15-18)37-27(31-24)17-12-13-17/h2-3,6-8,10-11,15,17,20H,4-5,9,12-14,16H2,1H3,(H,30,35)/t20-/m0/s1. The lowest BCUT2D eigenvalue weighted by Gasteiger charge is -2.35. The molecule has 190 valence electrons. The lowest BCUT2D eigenvalue weighted by Crippen LogP contribution is -2.49. The number of halogens is 1. The molecule has 6 rings (SSSR count). The molecule has 2 aliphatic rings. The fourth-order valence-corrected chi connectivity index (χ4v) is 6.52. The van der Waals surface area contributed by atoms with Gasteiger partial charge < -0.3 is 10.2 Å². The molecule has 3 heterocycles. The van der Waals surface area contributed by atoms with Gasteiger partial charge in [-0.15, -0.1) is 11.3 Å². The quantitative estimate of drug-likeness (QED) is 0.347. The number of benzene rings is 2. The van der Waals surface area contributed by atoms with Gasteiger partial charge in [-0.25, -0.2) is 4.98 Å². The molecular formula is C28H28ClN5O2S. The van der Waals surface area contributed by atoms with Gasteiger partial charge in [-0.1, -0.05) is 41.9 Å². The molecule has 0 spiro atoms. The van der Waals surface area contributed by atoms with Gasteiger partial charge >= 0.3 is 0 Å². The summed E-state index contributed by atoms with van der Waals surface area (Å²) in [6.07, 6.45) is 5.03.